The topological polar surface area (TPSA) is 61.8 Å². The molecule has 1 aromatic carbocycles. The van der Waals surface area contributed by atoms with Crippen LogP contribution in [0.1, 0.15) is 22.3 Å². The molecule has 0 unspecified atom stereocenters. The number of methoxy groups -OCH3 is 1. The predicted molar refractivity (Wildman–Crippen MR) is 82.5 cm³/mol. The van der Waals surface area contributed by atoms with E-state index in [-0.39, 0.29) is 12.5 Å². The van der Waals surface area contributed by atoms with Crippen molar-refractivity contribution in [2.24, 2.45) is 0 Å². The molecule has 0 atom stereocenters. The fourth-order valence-electron chi connectivity index (χ4n) is 1.66. The number of benzene rings is 1. The normalized spacial score (nSPS) is 9.95. The lowest BCUT2D eigenvalue weighted by Crippen LogP contribution is -2.31. The van der Waals surface area contributed by atoms with Crippen molar-refractivity contribution in [3.63, 3.8) is 0 Å². The number of amides is 1. The van der Waals surface area contributed by atoms with Crippen LogP contribution in [0.25, 0.3) is 0 Å². The molecule has 5 heteroatoms. The van der Waals surface area contributed by atoms with Crippen LogP contribution in [-0.4, -0.2) is 56.8 Å². The molecule has 0 heterocycles. The van der Waals surface area contributed by atoms with Crippen LogP contribution in [-0.2, 0) is 0 Å². The van der Waals surface area contributed by atoms with Crippen molar-refractivity contribution in [3.05, 3.63) is 29.3 Å². The number of rotatable bonds is 6. The summed E-state index contributed by atoms with van der Waals surface area (Å²) in [7, 11) is 5.46. The highest BCUT2D eigenvalue weighted by Gasteiger charge is 2.08. The smallest absolute Gasteiger partial charge is 0.251 e. The van der Waals surface area contributed by atoms with E-state index in [4.69, 9.17) is 9.84 Å². The number of carbonyl (C=O) groups is 1. The molecule has 0 saturated heterocycles. The minimum absolute atomic E-state index is 0.0139. The highest BCUT2D eigenvalue weighted by Crippen LogP contribution is 2.18. The van der Waals surface area contributed by atoms with Gasteiger partial charge in [-0.2, -0.15) is 0 Å². The van der Waals surface area contributed by atoms with Crippen LogP contribution in [0.2, 0.25) is 0 Å². The van der Waals surface area contributed by atoms with Gasteiger partial charge in [0.1, 0.15) is 5.75 Å². The van der Waals surface area contributed by atoms with Crippen LogP contribution >= 0.6 is 0 Å². The Hall–Kier alpha value is -2.03. The Balaban J connectivity index is 2.82. The van der Waals surface area contributed by atoms with E-state index in [2.05, 4.69) is 17.2 Å². The lowest BCUT2D eigenvalue weighted by atomic mass is 10.1. The average Bonchev–Trinajstić information content (AvgIpc) is 2.47. The van der Waals surface area contributed by atoms with Gasteiger partial charge in [-0.25, -0.2) is 0 Å². The molecular formula is C16H22N2O3. The minimum Gasteiger partial charge on any atom is -0.495 e. The van der Waals surface area contributed by atoms with Gasteiger partial charge in [-0.05, 0) is 32.3 Å². The summed E-state index contributed by atoms with van der Waals surface area (Å²) in [6.45, 7) is 1.38. The molecular weight excluding hydrogens is 268 g/mol. The number of aliphatic hydroxyl groups excluding tert-OH is 1. The van der Waals surface area contributed by atoms with Crippen LogP contribution in [0.4, 0.5) is 0 Å². The van der Waals surface area contributed by atoms with E-state index < -0.39 is 0 Å². The van der Waals surface area contributed by atoms with Crippen LogP contribution in [0, 0.1) is 11.8 Å². The first-order valence-corrected chi connectivity index (χ1v) is 6.79. The molecule has 0 aliphatic rings. The first-order chi connectivity index (χ1) is 10.1. The van der Waals surface area contributed by atoms with Crippen molar-refractivity contribution < 1.29 is 14.6 Å². The maximum atomic E-state index is 12.0. The van der Waals surface area contributed by atoms with Gasteiger partial charge in [0.15, 0.2) is 0 Å². The Kier molecular flexibility index (Phi) is 7.30. The molecule has 2 N–H and O–H groups in total. The third-order valence-electron chi connectivity index (χ3n) is 2.77. The molecule has 114 valence electrons. The predicted octanol–water partition coefficient (Wildman–Crippen LogP) is 0.720. The Labute approximate surface area is 125 Å². The first-order valence-electron chi connectivity index (χ1n) is 6.79. The zero-order valence-electron chi connectivity index (χ0n) is 12.8. The van der Waals surface area contributed by atoms with Crippen LogP contribution in [0.3, 0.4) is 0 Å². The molecule has 0 saturated carbocycles. The lowest BCUT2D eigenvalue weighted by molar-refractivity contribution is 0.0951. The number of nitrogens with one attached hydrogen (secondary N) is 1. The van der Waals surface area contributed by atoms with Crippen molar-refractivity contribution in [1.82, 2.24) is 10.2 Å². The first kappa shape index (κ1) is 17.0. The summed E-state index contributed by atoms with van der Waals surface area (Å²) < 4.78 is 5.22. The maximum absolute atomic E-state index is 12.0. The standard InChI is InChI=1S/C16H22N2O3/c1-18(2)10-9-17-16(20)14-7-8-15(21-3)13(12-14)6-4-5-11-19/h7-8,12,19H,5,9-11H2,1-3H3,(H,17,20). The number of hydrogen-bond acceptors (Lipinski definition) is 4. The molecule has 21 heavy (non-hydrogen) atoms. The molecule has 1 rings (SSSR count). The molecule has 1 aromatic rings. The Morgan fingerprint density at radius 2 is 2.19 bits per heavy atom. The number of hydrogen-bond donors (Lipinski definition) is 2. The summed E-state index contributed by atoms with van der Waals surface area (Å²) in [5, 5.41) is 11.6. The van der Waals surface area contributed by atoms with Gasteiger partial charge in [0.25, 0.3) is 5.91 Å². The quantitative estimate of drug-likeness (QED) is 0.758. The Morgan fingerprint density at radius 1 is 1.43 bits per heavy atom. The van der Waals surface area contributed by atoms with Gasteiger partial charge in [0.05, 0.1) is 19.3 Å². The van der Waals surface area contributed by atoms with Crippen molar-refractivity contribution >= 4 is 5.91 Å². The molecule has 0 aromatic heterocycles. The van der Waals surface area contributed by atoms with Crippen LogP contribution in [0.5, 0.6) is 5.75 Å². The van der Waals surface area contributed by atoms with Gasteiger partial charge < -0.3 is 20.1 Å². The Bertz CT molecular complexity index is 530. The van der Waals surface area contributed by atoms with Crippen molar-refractivity contribution in [1.29, 1.82) is 0 Å². The fraction of sp³-hybridized carbons (Fsp3) is 0.438. The number of aliphatic hydroxyl groups is 1. The SMILES string of the molecule is COc1ccc(C(=O)NCCN(C)C)cc1C#CCCO. The van der Waals surface area contributed by atoms with E-state index in [1.54, 1.807) is 25.3 Å². The van der Waals surface area contributed by atoms with Gasteiger partial charge in [0.2, 0.25) is 0 Å². The zero-order chi connectivity index (χ0) is 15.7. The maximum Gasteiger partial charge on any atom is 0.251 e. The molecule has 0 spiro atoms. The van der Waals surface area contributed by atoms with Gasteiger partial charge in [-0.15, -0.1) is 0 Å². The molecule has 0 aliphatic heterocycles. The summed E-state index contributed by atoms with van der Waals surface area (Å²) in [5.41, 5.74) is 1.19. The van der Waals surface area contributed by atoms with E-state index in [9.17, 15) is 4.79 Å². The third kappa shape index (κ3) is 5.86. The third-order valence-corrected chi connectivity index (χ3v) is 2.77. The van der Waals surface area contributed by atoms with Crippen molar-refractivity contribution in [2.45, 2.75) is 6.42 Å². The second-order valence-electron chi connectivity index (χ2n) is 4.75. The highest BCUT2D eigenvalue weighted by atomic mass is 16.5. The summed E-state index contributed by atoms with van der Waals surface area (Å²) in [5.74, 6) is 6.22. The number of ether oxygens (including phenoxy) is 1. The fourth-order valence-corrected chi connectivity index (χ4v) is 1.66. The van der Waals surface area contributed by atoms with Crippen LogP contribution < -0.4 is 10.1 Å². The van der Waals surface area contributed by atoms with E-state index in [1.807, 2.05) is 19.0 Å². The molecule has 0 bridgehead atoms. The van der Waals surface area contributed by atoms with Crippen molar-refractivity contribution in [2.75, 3.05) is 40.9 Å². The molecule has 0 fully saturated rings. The molecule has 0 aliphatic carbocycles. The lowest BCUT2D eigenvalue weighted by Gasteiger charge is -2.11. The van der Waals surface area contributed by atoms with Gasteiger partial charge >= 0.3 is 0 Å². The zero-order valence-corrected chi connectivity index (χ0v) is 12.8. The van der Waals surface area contributed by atoms with E-state index in [1.165, 1.54) is 0 Å². The van der Waals surface area contributed by atoms with Crippen molar-refractivity contribution in [3.8, 4) is 17.6 Å². The largest absolute Gasteiger partial charge is 0.495 e. The summed E-state index contributed by atoms with van der Waals surface area (Å²) in [6.07, 6.45) is 0.391. The summed E-state index contributed by atoms with van der Waals surface area (Å²) in [4.78, 5) is 14.0. The van der Waals surface area contributed by atoms with E-state index in [0.717, 1.165) is 6.54 Å². The second kappa shape index (κ2) is 9.01. The summed E-state index contributed by atoms with van der Waals surface area (Å²) >= 11 is 0. The van der Waals surface area contributed by atoms with E-state index in [0.29, 0.717) is 29.8 Å². The minimum atomic E-state index is -0.135. The second-order valence-corrected chi connectivity index (χ2v) is 4.75. The number of likely N-dealkylation sites (N-methyl/N-ethyl adjacent to an activating group) is 1. The van der Waals surface area contributed by atoms with Gasteiger partial charge in [0, 0.05) is 25.1 Å². The number of nitrogens with zero attached hydrogens (tertiary/aromatic N) is 1. The van der Waals surface area contributed by atoms with Crippen LogP contribution in [0.15, 0.2) is 18.2 Å². The summed E-state index contributed by atoms with van der Waals surface area (Å²) in [6, 6.07) is 5.14. The Morgan fingerprint density at radius 3 is 2.81 bits per heavy atom. The number of carbonyl (C=O) groups excluding carboxylic acids is 1. The van der Waals surface area contributed by atoms with Gasteiger partial charge in [-0.1, -0.05) is 11.8 Å². The molecule has 1 amide bonds. The van der Waals surface area contributed by atoms with Gasteiger partial charge in [-0.3, -0.25) is 4.79 Å². The molecule has 0 radical (unpaired) electrons. The highest BCUT2D eigenvalue weighted by molar-refractivity contribution is 5.94. The van der Waals surface area contributed by atoms with E-state index >= 15 is 0 Å². The average molecular weight is 290 g/mol. The molecule has 5 nitrogen and oxygen atoms in total. The monoisotopic (exact) mass is 290 g/mol.